The molecule has 1 saturated carbocycles. The van der Waals surface area contributed by atoms with Crippen LogP contribution >= 0.6 is 0 Å². The molecule has 0 aromatic carbocycles. The van der Waals surface area contributed by atoms with Crippen molar-refractivity contribution in [3.63, 3.8) is 0 Å². The Morgan fingerprint density at radius 3 is 2.83 bits per heavy atom. The Kier molecular flexibility index (Phi) is 4.64. The number of nitrogens with one attached hydrogen (secondary N) is 1. The second-order valence-electron chi connectivity index (χ2n) is 6.19. The van der Waals surface area contributed by atoms with Crippen molar-refractivity contribution < 1.29 is 9.47 Å². The Morgan fingerprint density at radius 2 is 2.22 bits per heavy atom. The first kappa shape index (κ1) is 14.3. The van der Waals surface area contributed by atoms with Gasteiger partial charge in [0.15, 0.2) is 0 Å². The Labute approximate surface area is 111 Å². The second-order valence-corrected chi connectivity index (χ2v) is 6.19. The van der Waals surface area contributed by atoms with Crippen LogP contribution in [0.5, 0.6) is 0 Å². The van der Waals surface area contributed by atoms with Gasteiger partial charge in [-0.05, 0) is 45.4 Å². The van der Waals surface area contributed by atoms with Crippen molar-refractivity contribution in [3.8, 4) is 0 Å². The minimum atomic E-state index is 0.00217. The molecule has 1 heterocycles. The summed E-state index contributed by atoms with van der Waals surface area (Å²) >= 11 is 0. The number of rotatable bonds is 5. The van der Waals surface area contributed by atoms with Gasteiger partial charge in [-0.25, -0.2) is 0 Å². The highest BCUT2D eigenvalue weighted by Crippen LogP contribution is 2.31. The van der Waals surface area contributed by atoms with Gasteiger partial charge in [0.2, 0.25) is 0 Å². The monoisotopic (exact) mass is 256 g/mol. The topological polar surface area (TPSA) is 56.5 Å². The van der Waals surface area contributed by atoms with Gasteiger partial charge in [0, 0.05) is 32.3 Å². The highest BCUT2D eigenvalue weighted by molar-refractivity contribution is 4.97. The molecule has 1 aliphatic heterocycles. The summed E-state index contributed by atoms with van der Waals surface area (Å²) in [6.45, 7) is 4.69. The van der Waals surface area contributed by atoms with Crippen LogP contribution in [0.25, 0.3) is 0 Å². The molecule has 2 aliphatic rings. The lowest BCUT2D eigenvalue weighted by Gasteiger charge is -2.42. The fourth-order valence-electron chi connectivity index (χ4n) is 3.28. The predicted octanol–water partition coefficient (Wildman–Crippen LogP) is 1.43. The summed E-state index contributed by atoms with van der Waals surface area (Å²) in [5.74, 6) is 0. The molecule has 0 aromatic rings. The van der Waals surface area contributed by atoms with E-state index in [2.05, 4.69) is 12.2 Å². The van der Waals surface area contributed by atoms with E-state index in [0.29, 0.717) is 12.6 Å². The van der Waals surface area contributed by atoms with E-state index in [1.165, 1.54) is 12.8 Å². The third kappa shape index (κ3) is 3.23. The zero-order valence-corrected chi connectivity index (χ0v) is 11.8. The number of hydrogen-bond acceptors (Lipinski definition) is 4. The van der Waals surface area contributed by atoms with Gasteiger partial charge in [0.25, 0.3) is 0 Å². The van der Waals surface area contributed by atoms with Crippen molar-refractivity contribution in [2.75, 3.05) is 26.8 Å². The van der Waals surface area contributed by atoms with Crippen molar-refractivity contribution in [2.24, 2.45) is 5.73 Å². The first-order chi connectivity index (χ1) is 8.61. The molecule has 3 unspecified atom stereocenters. The fourth-order valence-corrected chi connectivity index (χ4v) is 3.28. The van der Waals surface area contributed by atoms with Crippen LogP contribution in [0.15, 0.2) is 0 Å². The molecule has 1 saturated heterocycles. The molecule has 4 nitrogen and oxygen atoms in total. The van der Waals surface area contributed by atoms with Crippen LogP contribution in [0, 0.1) is 0 Å². The van der Waals surface area contributed by atoms with Crippen LogP contribution in [-0.2, 0) is 9.47 Å². The summed E-state index contributed by atoms with van der Waals surface area (Å²) in [5.41, 5.74) is 6.08. The molecule has 0 radical (unpaired) electrons. The average molecular weight is 256 g/mol. The molecule has 0 bridgehead atoms. The normalized spacial score (nSPS) is 41.2. The average Bonchev–Trinajstić information content (AvgIpc) is 2.84. The SMILES string of the molecule is COC1CCCC(CN)(NCC2(C)CCCO2)C1. The van der Waals surface area contributed by atoms with Crippen LogP contribution in [0.3, 0.4) is 0 Å². The van der Waals surface area contributed by atoms with E-state index in [-0.39, 0.29) is 11.1 Å². The Hall–Kier alpha value is -0.160. The molecule has 3 atom stereocenters. The number of ether oxygens (including phenoxy) is 2. The molecule has 1 aliphatic carbocycles. The summed E-state index contributed by atoms with van der Waals surface area (Å²) < 4.78 is 11.4. The summed E-state index contributed by atoms with van der Waals surface area (Å²) in [4.78, 5) is 0. The zero-order valence-electron chi connectivity index (χ0n) is 11.8. The molecule has 18 heavy (non-hydrogen) atoms. The molecular weight excluding hydrogens is 228 g/mol. The maximum atomic E-state index is 6.02. The van der Waals surface area contributed by atoms with Crippen molar-refractivity contribution in [2.45, 2.75) is 62.7 Å². The highest BCUT2D eigenvalue weighted by atomic mass is 16.5. The van der Waals surface area contributed by atoms with Crippen LogP contribution in [0.4, 0.5) is 0 Å². The Morgan fingerprint density at radius 1 is 1.39 bits per heavy atom. The molecule has 0 spiro atoms. The van der Waals surface area contributed by atoms with E-state index >= 15 is 0 Å². The quantitative estimate of drug-likeness (QED) is 0.781. The molecule has 106 valence electrons. The second kappa shape index (κ2) is 5.87. The van der Waals surface area contributed by atoms with Crippen LogP contribution in [-0.4, -0.2) is 44.1 Å². The molecule has 2 fully saturated rings. The van der Waals surface area contributed by atoms with E-state index in [1.807, 2.05) is 0 Å². The summed E-state index contributed by atoms with van der Waals surface area (Å²) in [6.07, 6.45) is 7.21. The minimum Gasteiger partial charge on any atom is -0.381 e. The van der Waals surface area contributed by atoms with E-state index in [1.54, 1.807) is 7.11 Å². The molecule has 0 aromatic heterocycles. The number of nitrogens with two attached hydrogens (primary N) is 1. The third-order valence-electron chi connectivity index (χ3n) is 4.66. The van der Waals surface area contributed by atoms with E-state index < -0.39 is 0 Å². The molecule has 3 N–H and O–H groups in total. The molecule has 0 amide bonds. The van der Waals surface area contributed by atoms with E-state index in [9.17, 15) is 0 Å². The van der Waals surface area contributed by atoms with Gasteiger partial charge in [-0.1, -0.05) is 0 Å². The maximum absolute atomic E-state index is 6.02. The van der Waals surface area contributed by atoms with Crippen LogP contribution < -0.4 is 11.1 Å². The van der Waals surface area contributed by atoms with Gasteiger partial charge in [-0.3, -0.25) is 0 Å². The first-order valence-corrected chi connectivity index (χ1v) is 7.23. The zero-order chi connectivity index (χ0) is 13.1. The fraction of sp³-hybridized carbons (Fsp3) is 1.00. The standard InChI is InChI=1S/C14H28N2O2/c1-13(6-4-8-18-13)11-16-14(10-15)7-3-5-12(9-14)17-2/h12,16H,3-11,15H2,1-2H3. The van der Waals surface area contributed by atoms with Crippen LogP contribution in [0.1, 0.15) is 45.4 Å². The molecule has 4 heteroatoms. The maximum Gasteiger partial charge on any atom is 0.0779 e. The van der Waals surface area contributed by atoms with Gasteiger partial charge in [-0.15, -0.1) is 0 Å². The summed E-state index contributed by atoms with van der Waals surface area (Å²) in [6, 6.07) is 0. The number of hydrogen-bond donors (Lipinski definition) is 2. The third-order valence-corrected chi connectivity index (χ3v) is 4.66. The lowest BCUT2D eigenvalue weighted by Crippen LogP contribution is -2.58. The Bertz CT molecular complexity index is 267. The van der Waals surface area contributed by atoms with E-state index in [4.69, 9.17) is 15.2 Å². The van der Waals surface area contributed by atoms with E-state index in [0.717, 1.165) is 38.8 Å². The van der Waals surface area contributed by atoms with Crippen LogP contribution in [0.2, 0.25) is 0 Å². The highest BCUT2D eigenvalue weighted by Gasteiger charge is 2.38. The first-order valence-electron chi connectivity index (χ1n) is 7.23. The van der Waals surface area contributed by atoms with Gasteiger partial charge in [-0.2, -0.15) is 0 Å². The minimum absolute atomic E-state index is 0.00217. The number of methoxy groups -OCH3 is 1. The van der Waals surface area contributed by atoms with Crippen molar-refractivity contribution in [1.29, 1.82) is 0 Å². The summed E-state index contributed by atoms with van der Waals surface area (Å²) in [7, 11) is 1.80. The smallest absolute Gasteiger partial charge is 0.0779 e. The van der Waals surface area contributed by atoms with Crippen molar-refractivity contribution >= 4 is 0 Å². The van der Waals surface area contributed by atoms with Gasteiger partial charge < -0.3 is 20.5 Å². The van der Waals surface area contributed by atoms with Crippen molar-refractivity contribution in [1.82, 2.24) is 5.32 Å². The van der Waals surface area contributed by atoms with Gasteiger partial charge in [0.05, 0.1) is 11.7 Å². The lowest BCUT2D eigenvalue weighted by molar-refractivity contribution is -0.00265. The molecular formula is C14H28N2O2. The van der Waals surface area contributed by atoms with Gasteiger partial charge in [0.1, 0.15) is 0 Å². The van der Waals surface area contributed by atoms with Gasteiger partial charge >= 0.3 is 0 Å². The lowest BCUT2D eigenvalue weighted by atomic mass is 9.79. The largest absolute Gasteiger partial charge is 0.381 e. The predicted molar refractivity (Wildman–Crippen MR) is 72.6 cm³/mol. The Balaban J connectivity index is 1.91. The molecule has 2 rings (SSSR count). The van der Waals surface area contributed by atoms with Crippen molar-refractivity contribution in [3.05, 3.63) is 0 Å². The summed E-state index contributed by atoms with van der Waals surface area (Å²) in [5, 5.41) is 3.70.